The highest BCUT2D eigenvalue weighted by molar-refractivity contribution is 6.24. The van der Waals surface area contributed by atoms with Crippen molar-refractivity contribution in [2.24, 2.45) is 0 Å². The maximum absolute atomic E-state index is 14.6. The molecule has 1 fully saturated rings. The number of ketones is 1. The number of Topliss-reactive ketones (excluding diaryl/α,β-unsaturated/α-hetero) is 1. The average molecular weight is 381 g/mol. The fourth-order valence-electron chi connectivity index (χ4n) is 3.08. The molecule has 0 spiro atoms. The highest BCUT2D eigenvalue weighted by atomic mass is 19.1. The van der Waals surface area contributed by atoms with Crippen molar-refractivity contribution in [1.82, 2.24) is 4.90 Å². The van der Waals surface area contributed by atoms with Crippen LogP contribution in [0.4, 0.5) is 8.78 Å². The Labute approximate surface area is 157 Å². The zero-order valence-electron chi connectivity index (χ0n) is 15.9. The molecule has 1 aromatic rings. The highest BCUT2D eigenvalue weighted by Crippen LogP contribution is 2.31. The molecule has 0 bridgehead atoms. The first-order chi connectivity index (χ1) is 12.9. The maximum Gasteiger partial charge on any atom is 0.345 e. The third-order valence-electron chi connectivity index (χ3n) is 4.60. The van der Waals surface area contributed by atoms with Gasteiger partial charge in [0.2, 0.25) is 5.78 Å². The van der Waals surface area contributed by atoms with Crippen LogP contribution in [-0.4, -0.2) is 50.0 Å². The number of esters is 1. The lowest BCUT2D eigenvalue weighted by Crippen LogP contribution is -2.29. The predicted molar refractivity (Wildman–Crippen MR) is 96.5 cm³/mol. The van der Waals surface area contributed by atoms with E-state index in [2.05, 4.69) is 4.90 Å². The third kappa shape index (κ3) is 5.13. The van der Waals surface area contributed by atoms with E-state index in [1.54, 1.807) is 13.8 Å². The third-order valence-corrected chi connectivity index (χ3v) is 4.60. The molecule has 1 heterocycles. The molecule has 0 radical (unpaired) electrons. The van der Waals surface area contributed by atoms with E-state index in [1.807, 2.05) is 7.05 Å². The summed E-state index contributed by atoms with van der Waals surface area (Å²) in [5.41, 5.74) is -0.712. The van der Waals surface area contributed by atoms with Gasteiger partial charge < -0.3 is 14.4 Å². The van der Waals surface area contributed by atoms with Gasteiger partial charge in [-0.15, -0.1) is 0 Å². The fraction of sp³-hybridized carbons (Fsp3) is 0.500. The van der Waals surface area contributed by atoms with Crippen LogP contribution in [0, 0.1) is 11.6 Å². The second kappa shape index (κ2) is 9.60. The number of carbonyl (C=O) groups excluding carboxylic acids is 2. The van der Waals surface area contributed by atoms with Crippen LogP contribution < -0.4 is 0 Å². The van der Waals surface area contributed by atoms with Crippen molar-refractivity contribution in [1.29, 1.82) is 0 Å². The van der Waals surface area contributed by atoms with E-state index in [4.69, 9.17) is 9.47 Å². The van der Waals surface area contributed by atoms with Gasteiger partial charge in [0, 0.05) is 0 Å². The second-order valence-electron chi connectivity index (χ2n) is 6.47. The number of likely N-dealkylation sites (tertiary alicyclic amines) is 1. The van der Waals surface area contributed by atoms with Crippen LogP contribution >= 0.6 is 0 Å². The molecule has 0 atom stereocenters. The van der Waals surface area contributed by atoms with E-state index in [1.165, 1.54) is 0 Å². The molecular formula is C20H25F2NO4. The zero-order chi connectivity index (χ0) is 20.0. The summed E-state index contributed by atoms with van der Waals surface area (Å²) in [4.78, 5) is 26.7. The molecule has 2 rings (SSSR count). The molecule has 148 valence electrons. The van der Waals surface area contributed by atoms with E-state index in [0.717, 1.165) is 44.3 Å². The number of hydrogen-bond acceptors (Lipinski definition) is 5. The quantitative estimate of drug-likeness (QED) is 0.181. The monoisotopic (exact) mass is 381 g/mol. The maximum atomic E-state index is 14.6. The van der Waals surface area contributed by atoms with E-state index in [0.29, 0.717) is 0 Å². The van der Waals surface area contributed by atoms with Crippen molar-refractivity contribution in [3.63, 3.8) is 0 Å². The summed E-state index contributed by atoms with van der Waals surface area (Å²) >= 11 is 0. The van der Waals surface area contributed by atoms with Gasteiger partial charge in [-0.2, -0.15) is 0 Å². The number of halogens is 2. The Hall–Kier alpha value is -2.28. The summed E-state index contributed by atoms with van der Waals surface area (Å²) in [5, 5.41) is 0. The largest absolute Gasteiger partial charge is 0.500 e. The Morgan fingerprint density at radius 1 is 1.15 bits per heavy atom. The number of benzene rings is 1. The molecule has 0 aliphatic carbocycles. The summed E-state index contributed by atoms with van der Waals surface area (Å²) in [7, 11) is 1.98. The van der Waals surface area contributed by atoms with Crippen LogP contribution in [0.2, 0.25) is 0 Å². The molecule has 1 saturated heterocycles. The Bertz CT molecular complexity index is 725. The molecule has 7 heteroatoms. The Morgan fingerprint density at radius 2 is 1.81 bits per heavy atom. The predicted octanol–water partition coefficient (Wildman–Crippen LogP) is 3.44. The molecule has 1 aliphatic rings. The summed E-state index contributed by atoms with van der Waals surface area (Å²) in [5.74, 6) is -3.50. The van der Waals surface area contributed by atoms with Crippen molar-refractivity contribution in [3.05, 3.63) is 46.7 Å². The van der Waals surface area contributed by atoms with Gasteiger partial charge in [-0.05, 0) is 70.4 Å². The normalized spacial score (nSPS) is 16.3. The average Bonchev–Trinajstić information content (AvgIpc) is 2.64. The lowest BCUT2D eigenvalue weighted by atomic mass is 9.88. The van der Waals surface area contributed by atoms with E-state index < -0.39 is 34.5 Å². The number of hydrogen-bond donors (Lipinski definition) is 0. The standard InChI is InChI=1S/C20H25F2NO4/c1-4-26-12-16(20(25)27-5-2)19(24)15-11-17(21)14(10-18(15)22)13-6-8-23(3)9-7-13/h10-13H,4-9H2,1-3H3/b16-12+. The van der Waals surface area contributed by atoms with E-state index >= 15 is 0 Å². The SMILES string of the molecule is CCO/C=C(/C(=O)OCC)C(=O)c1cc(F)c(C2CCN(C)CC2)cc1F. The number of carbonyl (C=O) groups is 2. The molecule has 0 N–H and O–H groups in total. The lowest BCUT2D eigenvalue weighted by Gasteiger charge is -2.29. The van der Waals surface area contributed by atoms with Crippen LogP contribution in [0.5, 0.6) is 0 Å². The summed E-state index contributed by atoms with van der Waals surface area (Å²) in [6, 6.07) is 1.94. The van der Waals surface area contributed by atoms with Gasteiger partial charge in [0.05, 0.1) is 18.8 Å². The smallest absolute Gasteiger partial charge is 0.345 e. The Morgan fingerprint density at radius 3 is 2.41 bits per heavy atom. The first-order valence-corrected chi connectivity index (χ1v) is 9.10. The first kappa shape index (κ1) is 21.0. The summed E-state index contributed by atoms with van der Waals surface area (Å²) in [6.45, 7) is 5.11. The molecule has 0 amide bonds. The molecule has 5 nitrogen and oxygen atoms in total. The Balaban J connectivity index is 2.32. The van der Waals surface area contributed by atoms with Crippen LogP contribution in [0.3, 0.4) is 0 Å². The number of piperidine rings is 1. The second-order valence-corrected chi connectivity index (χ2v) is 6.47. The number of nitrogens with zero attached hydrogens (tertiary/aromatic N) is 1. The van der Waals surface area contributed by atoms with Gasteiger partial charge in [0.1, 0.15) is 23.5 Å². The minimum Gasteiger partial charge on any atom is -0.500 e. The van der Waals surface area contributed by atoms with Crippen LogP contribution in [0.15, 0.2) is 24.0 Å². The molecule has 0 saturated carbocycles. The summed E-state index contributed by atoms with van der Waals surface area (Å²) in [6.07, 6.45) is 2.37. The topological polar surface area (TPSA) is 55.8 Å². The van der Waals surface area contributed by atoms with Gasteiger partial charge >= 0.3 is 5.97 Å². The van der Waals surface area contributed by atoms with Gasteiger partial charge in [-0.3, -0.25) is 4.79 Å². The molecule has 1 aliphatic heterocycles. The minimum atomic E-state index is -0.965. The molecule has 1 aromatic carbocycles. The van der Waals surface area contributed by atoms with E-state index in [-0.39, 0.29) is 24.7 Å². The van der Waals surface area contributed by atoms with Gasteiger partial charge in [-0.1, -0.05) is 0 Å². The zero-order valence-corrected chi connectivity index (χ0v) is 15.9. The van der Waals surface area contributed by atoms with Gasteiger partial charge in [-0.25, -0.2) is 13.6 Å². The van der Waals surface area contributed by atoms with Crippen LogP contribution in [-0.2, 0) is 14.3 Å². The summed E-state index contributed by atoms with van der Waals surface area (Å²) < 4.78 is 39.1. The molecule has 27 heavy (non-hydrogen) atoms. The molecule has 0 unspecified atom stereocenters. The Kier molecular flexibility index (Phi) is 7.47. The van der Waals surface area contributed by atoms with Crippen molar-refractivity contribution < 1.29 is 27.8 Å². The molecular weight excluding hydrogens is 356 g/mol. The van der Waals surface area contributed by atoms with Crippen LogP contribution in [0.25, 0.3) is 0 Å². The van der Waals surface area contributed by atoms with E-state index in [9.17, 15) is 18.4 Å². The van der Waals surface area contributed by atoms with Gasteiger partial charge in [0.25, 0.3) is 0 Å². The highest BCUT2D eigenvalue weighted by Gasteiger charge is 2.28. The molecule has 0 aromatic heterocycles. The first-order valence-electron chi connectivity index (χ1n) is 9.10. The minimum absolute atomic E-state index is 0.0431. The lowest BCUT2D eigenvalue weighted by molar-refractivity contribution is -0.138. The fourth-order valence-corrected chi connectivity index (χ4v) is 3.08. The number of rotatable bonds is 7. The number of ether oxygens (including phenoxy) is 2. The van der Waals surface area contributed by atoms with Crippen molar-refractivity contribution in [2.45, 2.75) is 32.6 Å². The van der Waals surface area contributed by atoms with Crippen LogP contribution in [0.1, 0.15) is 48.5 Å². The van der Waals surface area contributed by atoms with Crippen molar-refractivity contribution >= 4 is 11.8 Å². The van der Waals surface area contributed by atoms with Crippen molar-refractivity contribution in [3.8, 4) is 0 Å². The van der Waals surface area contributed by atoms with Crippen molar-refractivity contribution in [2.75, 3.05) is 33.4 Å². The van der Waals surface area contributed by atoms with Gasteiger partial charge in [0.15, 0.2) is 0 Å².